The lowest BCUT2D eigenvalue weighted by molar-refractivity contribution is -0.148. The van der Waals surface area contributed by atoms with Crippen molar-refractivity contribution in [3.05, 3.63) is 23.6 Å². The molecular formula is C17H22BrFO2. The first-order valence-corrected chi connectivity index (χ1v) is 8.11. The number of alkyl halides is 1. The number of ether oxygens (including phenoxy) is 1. The Bertz CT molecular complexity index is 495. The van der Waals surface area contributed by atoms with Gasteiger partial charge in [-0.1, -0.05) is 47.3 Å². The third-order valence-corrected chi connectivity index (χ3v) is 4.22. The van der Waals surface area contributed by atoms with Gasteiger partial charge in [-0.25, -0.2) is 4.39 Å². The van der Waals surface area contributed by atoms with Gasteiger partial charge in [0.25, 0.3) is 0 Å². The molecule has 1 aliphatic rings. The van der Waals surface area contributed by atoms with Gasteiger partial charge < -0.3 is 4.74 Å². The van der Waals surface area contributed by atoms with Crippen molar-refractivity contribution < 1.29 is 13.9 Å². The maximum atomic E-state index is 13.8. The van der Waals surface area contributed by atoms with Gasteiger partial charge in [0.1, 0.15) is 5.83 Å². The maximum Gasteiger partial charge on any atom is 0.311 e. The molecule has 21 heavy (non-hydrogen) atoms. The molecule has 4 heteroatoms. The third kappa shape index (κ3) is 4.44. The van der Waals surface area contributed by atoms with E-state index < -0.39 is 17.9 Å². The van der Waals surface area contributed by atoms with Gasteiger partial charge in [0.15, 0.2) is 0 Å². The molecule has 0 radical (unpaired) electrons. The van der Waals surface area contributed by atoms with Crippen molar-refractivity contribution in [2.24, 2.45) is 17.3 Å². The van der Waals surface area contributed by atoms with E-state index in [4.69, 9.17) is 11.2 Å². The van der Waals surface area contributed by atoms with Crippen LogP contribution in [-0.2, 0) is 9.53 Å². The Balaban J connectivity index is 2.73. The molecule has 116 valence electrons. The zero-order valence-electron chi connectivity index (χ0n) is 13.0. The van der Waals surface area contributed by atoms with Crippen LogP contribution in [0, 0.1) is 29.6 Å². The first-order valence-electron chi connectivity index (χ1n) is 6.98. The molecule has 0 bridgehead atoms. The van der Waals surface area contributed by atoms with Gasteiger partial charge in [0.05, 0.1) is 5.92 Å². The Morgan fingerprint density at radius 1 is 1.52 bits per heavy atom. The molecule has 1 aliphatic carbocycles. The van der Waals surface area contributed by atoms with E-state index in [0.717, 1.165) is 5.57 Å². The Kier molecular flexibility index (Phi) is 6.22. The first kappa shape index (κ1) is 18.0. The zero-order valence-corrected chi connectivity index (χ0v) is 14.5. The van der Waals surface area contributed by atoms with Crippen LogP contribution in [0.5, 0.6) is 0 Å². The summed E-state index contributed by atoms with van der Waals surface area (Å²) in [6.45, 7) is 7.99. The third-order valence-electron chi connectivity index (χ3n) is 3.76. The molecule has 0 aliphatic heterocycles. The molecule has 0 N–H and O–H groups in total. The molecule has 1 rings (SSSR count). The van der Waals surface area contributed by atoms with Crippen LogP contribution in [0.15, 0.2) is 23.6 Å². The summed E-state index contributed by atoms with van der Waals surface area (Å²) in [6.07, 6.45) is 7.95. The average molecular weight is 357 g/mol. The number of hydrogen-bond donors (Lipinski definition) is 0. The molecule has 0 aromatic heterocycles. The summed E-state index contributed by atoms with van der Waals surface area (Å²) >= 11 is 3.20. The highest BCUT2D eigenvalue weighted by atomic mass is 79.9. The lowest BCUT2D eigenvalue weighted by Crippen LogP contribution is -2.20. The first-order chi connectivity index (χ1) is 9.75. The summed E-state index contributed by atoms with van der Waals surface area (Å²) in [5.41, 5.74) is 0.990. The number of carbonyl (C=O) groups is 1. The lowest BCUT2D eigenvalue weighted by Gasteiger charge is -2.11. The summed E-state index contributed by atoms with van der Waals surface area (Å²) in [5.74, 6) is 1.06. The summed E-state index contributed by atoms with van der Waals surface area (Å²) in [7, 11) is 0. The molecule has 3 unspecified atom stereocenters. The lowest BCUT2D eigenvalue weighted by atomic mass is 10.1. The van der Waals surface area contributed by atoms with E-state index in [1.807, 2.05) is 27.7 Å². The second kappa shape index (κ2) is 7.26. The van der Waals surface area contributed by atoms with Gasteiger partial charge in [-0.2, -0.15) is 0 Å². The van der Waals surface area contributed by atoms with Crippen molar-refractivity contribution in [2.75, 3.05) is 5.33 Å². The summed E-state index contributed by atoms with van der Waals surface area (Å²) in [5, 5.41) is 0.629. The van der Waals surface area contributed by atoms with Gasteiger partial charge in [-0.3, -0.25) is 4.79 Å². The topological polar surface area (TPSA) is 26.3 Å². The smallest absolute Gasteiger partial charge is 0.311 e. The predicted octanol–water partition coefficient (Wildman–Crippen LogP) is 4.41. The molecule has 0 aromatic rings. The van der Waals surface area contributed by atoms with Crippen LogP contribution in [-0.4, -0.2) is 17.4 Å². The zero-order chi connectivity index (χ0) is 16.2. The number of carbonyl (C=O) groups excluding carboxylic acids is 1. The van der Waals surface area contributed by atoms with Gasteiger partial charge >= 0.3 is 5.97 Å². The molecule has 0 heterocycles. The van der Waals surface area contributed by atoms with Crippen LogP contribution in [0.2, 0.25) is 0 Å². The molecule has 3 atom stereocenters. The molecule has 0 amide bonds. The van der Waals surface area contributed by atoms with Crippen molar-refractivity contribution in [1.29, 1.82) is 0 Å². The van der Waals surface area contributed by atoms with Crippen LogP contribution in [0.1, 0.15) is 34.1 Å². The van der Waals surface area contributed by atoms with E-state index in [1.54, 1.807) is 0 Å². The van der Waals surface area contributed by atoms with Crippen molar-refractivity contribution in [1.82, 2.24) is 0 Å². The van der Waals surface area contributed by atoms with Crippen LogP contribution in [0.4, 0.5) is 4.39 Å². The van der Waals surface area contributed by atoms with Gasteiger partial charge in [0.2, 0.25) is 6.10 Å². The Morgan fingerprint density at radius 2 is 2.14 bits per heavy atom. The number of esters is 1. The van der Waals surface area contributed by atoms with Gasteiger partial charge in [-0.05, 0) is 37.7 Å². The van der Waals surface area contributed by atoms with E-state index in [0.29, 0.717) is 11.8 Å². The highest BCUT2D eigenvalue weighted by Crippen LogP contribution is 2.59. The van der Waals surface area contributed by atoms with Crippen molar-refractivity contribution >= 4 is 21.9 Å². The second-order valence-corrected chi connectivity index (χ2v) is 6.91. The van der Waals surface area contributed by atoms with E-state index in [1.165, 1.54) is 6.08 Å². The molecule has 1 saturated carbocycles. The second-order valence-electron chi connectivity index (χ2n) is 6.12. The van der Waals surface area contributed by atoms with Gasteiger partial charge in [0, 0.05) is 5.33 Å². The minimum atomic E-state index is -1.22. The Hall–Kier alpha value is -1.08. The number of halogens is 2. The molecule has 0 saturated heterocycles. The largest absolute Gasteiger partial charge is 0.441 e. The summed E-state index contributed by atoms with van der Waals surface area (Å²) < 4.78 is 19.0. The standard InChI is InChI=1S/C17H22BrFO2/c1-6-14(13(19)8-7-9-18)21-16(20)15-12(10-11(2)3)17(15,4)5/h1,8,10,12,14-15H,7,9H2,2-5H3/b13-8-. The monoisotopic (exact) mass is 356 g/mol. The minimum Gasteiger partial charge on any atom is -0.441 e. The fraction of sp³-hybridized carbons (Fsp3) is 0.588. The molecule has 1 fully saturated rings. The number of terminal acetylenes is 1. The van der Waals surface area contributed by atoms with E-state index >= 15 is 0 Å². The Labute approximate surface area is 135 Å². The SMILES string of the molecule is C#CC(OC(=O)C1C(C=C(C)C)C1(C)C)/C(F)=C/CCBr. The summed E-state index contributed by atoms with van der Waals surface area (Å²) in [4.78, 5) is 12.2. The highest BCUT2D eigenvalue weighted by Gasteiger charge is 2.61. The quantitative estimate of drug-likeness (QED) is 0.305. The van der Waals surface area contributed by atoms with Crippen LogP contribution in [0.3, 0.4) is 0 Å². The molecular weight excluding hydrogens is 335 g/mol. The number of allylic oxidation sites excluding steroid dienone is 3. The number of hydrogen-bond acceptors (Lipinski definition) is 2. The fourth-order valence-corrected chi connectivity index (χ4v) is 2.69. The molecule has 0 spiro atoms. The van der Waals surface area contributed by atoms with Crippen molar-refractivity contribution in [2.45, 2.75) is 40.2 Å². The van der Waals surface area contributed by atoms with Crippen LogP contribution in [0.25, 0.3) is 0 Å². The van der Waals surface area contributed by atoms with Crippen molar-refractivity contribution in [3.8, 4) is 12.3 Å². The highest BCUT2D eigenvalue weighted by molar-refractivity contribution is 9.09. The fourth-order valence-electron chi connectivity index (χ4n) is 2.46. The van der Waals surface area contributed by atoms with Gasteiger partial charge in [-0.15, -0.1) is 6.42 Å². The summed E-state index contributed by atoms with van der Waals surface area (Å²) in [6, 6.07) is 0. The molecule has 2 nitrogen and oxygen atoms in total. The minimum absolute atomic E-state index is 0.128. The van der Waals surface area contributed by atoms with E-state index in [2.05, 4.69) is 27.9 Å². The number of rotatable bonds is 6. The molecule has 0 aromatic carbocycles. The normalized spacial score (nSPS) is 24.7. The van der Waals surface area contributed by atoms with Crippen molar-refractivity contribution in [3.63, 3.8) is 0 Å². The Morgan fingerprint density at radius 3 is 2.62 bits per heavy atom. The average Bonchev–Trinajstić information content (AvgIpc) is 2.93. The van der Waals surface area contributed by atoms with E-state index in [9.17, 15) is 9.18 Å². The maximum absolute atomic E-state index is 13.8. The van der Waals surface area contributed by atoms with E-state index in [-0.39, 0.29) is 17.3 Å². The van der Waals surface area contributed by atoms with Crippen LogP contribution < -0.4 is 0 Å². The van der Waals surface area contributed by atoms with Crippen LogP contribution >= 0.6 is 15.9 Å². The predicted molar refractivity (Wildman–Crippen MR) is 86.5 cm³/mol.